The third-order valence-electron chi connectivity index (χ3n) is 7.95. The lowest BCUT2D eigenvalue weighted by Gasteiger charge is -2.43. The lowest BCUT2D eigenvalue weighted by Crippen LogP contribution is -2.48. The van der Waals surface area contributed by atoms with Gasteiger partial charge in [0.2, 0.25) is 5.89 Å². The molecule has 0 radical (unpaired) electrons. The molecule has 1 amide bonds. The van der Waals surface area contributed by atoms with Crippen molar-refractivity contribution in [2.75, 3.05) is 26.1 Å². The van der Waals surface area contributed by atoms with E-state index in [2.05, 4.69) is 74.7 Å². The van der Waals surface area contributed by atoms with Gasteiger partial charge in [-0.1, -0.05) is 58.2 Å². The van der Waals surface area contributed by atoms with Gasteiger partial charge in [-0.3, -0.25) is 5.32 Å². The number of ether oxygens (including phenoxy) is 3. The van der Waals surface area contributed by atoms with Crippen LogP contribution in [0.1, 0.15) is 66.9 Å². The first-order chi connectivity index (χ1) is 21.1. The number of carbonyl (C=O) groups excluding carboxylic acids is 2. The van der Waals surface area contributed by atoms with E-state index in [4.69, 9.17) is 35.4 Å². The summed E-state index contributed by atoms with van der Waals surface area (Å²) < 4.78 is 28.5. The SMILES string of the molecule is C=CCOC(=O)NC(=S)NC(CSCc1c(O[Si](C)(C)C(C)(C)C(C)C)cc(OC)c(C)c1C(=O)OCC=C)c1nc(C)no1. The first-order valence-corrected chi connectivity index (χ1v) is 19.0. The third-order valence-corrected chi connectivity index (χ3v) is 13.6. The standard InChI is InChI=1S/C31H46N4O7S2Si/c1-12-14-39-28(36)26-20(5)24(38-9)16-25(42-45(10,11)31(7,8)19(3)4)22(26)17-44-18-23(27-32-21(6)35-41-27)33-29(43)34-30(37)40-15-13-2/h12-13,16,19,23H,1-2,14-15,17-18H2,3-11H3,(H2,33,34,37,43). The number of carbonyl (C=O) groups is 2. The van der Waals surface area contributed by atoms with E-state index >= 15 is 0 Å². The highest BCUT2D eigenvalue weighted by atomic mass is 32.2. The zero-order valence-corrected chi connectivity index (χ0v) is 30.3. The second-order valence-electron chi connectivity index (χ2n) is 11.7. The van der Waals surface area contributed by atoms with Crippen molar-refractivity contribution in [3.05, 3.63) is 59.8 Å². The topological polar surface area (TPSA) is 134 Å². The van der Waals surface area contributed by atoms with Gasteiger partial charge in [-0.05, 0) is 50.1 Å². The fourth-order valence-corrected chi connectivity index (χ4v) is 7.87. The first kappa shape index (κ1) is 37.8. The van der Waals surface area contributed by atoms with Gasteiger partial charge in [-0.25, -0.2) is 9.59 Å². The van der Waals surface area contributed by atoms with Crippen LogP contribution in [0.5, 0.6) is 11.5 Å². The number of amides is 1. The minimum absolute atomic E-state index is 0.0205. The molecule has 2 aromatic rings. The van der Waals surface area contributed by atoms with Gasteiger partial charge in [-0.15, -0.1) is 0 Å². The van der Waals surface area contributed by atoms with E-state index in [9.17, 15) is 9.59 Å². The normalized spacial score (nSPS) is 12.2. The molecule has 2 N–H and O–H groups in total. The second-order valence-corrected chi connectivity index (χ2v) is 17.6. The predicted molar refractivity (Wildman–Crippen MR) is 184 cm³/mol. The Morgan fingerprint density at radius 2 is 1.80 bits per heavy atom. The number of aromatic nitrogens is 2. The number of aryl methyl sites for hydroxylation is 1. The average Bonchev–Trinajstić information content (AvgIpc) is 3.41. The van der Waals surface area contributed by atoms with Gasteiger partial charge in [0.05, 0.1) is 12.7 Å². The molecule has 2 rings (SSSR count). The summed E-state index contributed by atoms with van der Waals surface area (Å²) in [5.41, 5.74) is 1.70. The molecule has 248 valence electrons. The average molecular weight is 679 g/mol. The number of alkyl carbamates (subject to hydrolysis) is 1. The summed E-state index contributed by atoms with van der Waals surface area (Å²) in [5, 5.41) is 9.34. The Kier molecular flexibility index (Phi) is 14.1. The maximum atomic E-state index is 13.5. The van der Waals surface area contributed by atoms with Crippen LogP contribution in [-0.4, -0.2) is 61.7 Å². The summed E-state index contributed by atoms with van der Waals surface area (Å²) >= 11 is 6.82. The van der Waals surface area contributed by atoms with Crippen molar-refractivity contribution in [2.45, 2.75) is 71.5 Å². The van der Waals surface area contributed by atoms with E-state index < -0.39 is 26.4 Å². The number of thioether (sulfide) groups is 1. The number of hydrogen-bond acceptors (Lipinski definition) is 11. The Balaban J connectivity index is 2.50. The molecule has 1 heterocycles. The van der Waals surface area contributed by atoms with Crippen molar-refractivity contribution < 1.29 is 32.7 Å². The van der Waals surface area contributed by atoms with Gasteiger partial charge in [0.15, 0.2) is 10.9 Å². The minimum Gasteiger partial charge on any atom is -0.543 e. The smallest absolute Gasteiger partial charge is 0.413 e. The van der Waals surface area contributed by atoms with Crippen molar-refractivity contribution in [2.24, 2.45) is 5.92 Å². The molecule has 14 heteroatoms. The number of methoxy groups -OCH3 is 1. The monoisotopic (exact) mass is 678 g/mol. The molecule has 0 spiro atoms. The van der Waals surface area contributed by atoms with Crippen LogP contribution >= 0.6 is 24.0 Å². The molecule has 0 aliphatic heterocycles. The number of benzene rings is 1. The predicted octanol–water partition coefficient (Wildman–Crippen LogP) is 6.82. The minimum atomic E-state index is -2.41. The molecule has 1 unspecified atom stereocenters. The van der Waals surface area contributed by atoms with E-state index in [-0.39, 0.29) is 29.3 Å². The zero-order valence-electron chi connectivity index (χ0n) is 27.7. The van der Waals surface area contributed by atoms with Gasteiger partial charge in [0, 0.05) is 28.7 Å². The lowest BCUT2D eigenvalue weighted by molar-refractivity contribution is 0.0547. The molecule has 45 heavy (non-hydrogen) atoms. The number of thiocarbonyl (C=S) groups is 1. The van der Waals surface area contributed by atoms with Crippen molar-refractivity contribution >= 4 is 49.5 Å². The van der Waals surface area contributed by atoms with Gasteiger partial charge in [-0.2, -0.15) is 16.7 Å². The van der Waals surface area contributed by atoms with Crippen LogP contribution in [0.25, 0.3) is 0 Å². The Morgan fingerprint density at radius 3 is 2.36 bits per heavy atom. The third kappa shape index (κ3) is 10.1. The van der Waals surface area contributed by atoms with Gasteiger partial charge in [0.1, 0.15) is 30.8 Å². The molecule has 0 saturated carbocycles. The fourth-order valence-electron chi connectivity index (χ4n) is 4.18. The molecule has 0 saturated heterocycles. The lowest BCUT2D eigenvalue weighted by atomic mass is 9.99. The van der Waals surface area contributed by atoms with Gasteiger partial charge in [0.25, 0.3) is 8.32 Å². The van der Waals surface area contributed by atoms with Gasteiger partial charge >= 0.3 is 12.1 Å². The van der Waals surface area contributed by atoms with Crippen molar-refractivity contribution in [1.82, 2.24) is 20.8 Å². The highest BCUT2D eigenvalue weighted by molar-refractivity contribution is 7.98. The summed E-state index contributed by atoms with van der Waals surface area (Å²) in [4.78, 5) is 29.9. The zero-order chi connectivity index (χ0) is 33.9. The van der Waals surface area contributed by atoms with Gasteiger partial charge < -0.3 is 28.5 Å². The van der Waals surface area contributed by atoms with Crippen LogP contribution in [0.3, 0.4) is 0 Å². The van der Waals surface area contributed by atoms with Crippen LogP contribution in [0.2, 0.25) is 18.1 Å². The van der Waals surface area contributed by atoms with Crippen LogP contribution < -0.4 is 19.8 Å². The number of hydrogen-bond donors (Lipinski definition) is 2. The molecular weight excluding hydrogens is 633 g/mol. The maximum Gasteiger partial charge on any atom is 0.413 e. The van der Waals surface area contributed by atoms with Crippen LogP contribution in [0.15, 0.2) is 35.9 Å². The van der Waals surface area contributed by atoms with Crippen molar-refractivity contribution in [3.63, 3.8) is 0 Å². The Labute approximate surface area is 277 Å². The molecule has 0 aliphatic carbocycles. The van der Waals surface area contributed by atoms with E-state index in [0.717, 1.165) is 0 Å². The van der Waals surface area contributed by atoms with E-state index in [1.807, 2.05) is 13.0 Å². The highest BCUT2D eigenvalue weighted by Crippen LogP contribution is 2.47. The van der Waals surface area contributed by atoms with Crippen molar-refractivity contribution in [3.8, 4) is 11.5 Å². The quantitative estimate of drug-likeness (QED) is 0.0835. The Morgan fingerprint density at radius 1 is 1.16 bits per heavy atom. The largest absolute Gasteiger partial charge is 0.543 e. The molecule has 11 nitrogen and oxygen atoms in total. The van der Waals surface area contributed by atoms with E-state index in [0.29, 0.717) is 51.4 Å². The van der Waals surface area contributed by atoms with E-state index in [1.54, 1.807) is 14.0 Å². The van der Waals surface area contributed by atoms with Crippen LogP contribution in [0.4, 0.5) is 4.79 Å². The first-order valence-electron chi connectivity index (χ1n) is 14.5. The summed E-state index contributed by atoms with van der Waals surface area (Å²) in [6, 6.07) is 1.28. The molecule has 1 aromatic carbocycles. The summed E-state index contributed by atoms with van der Waals surface area (Å²) in [6.45, 7) is 24.0. The second kappa shape index (κ2) is 16.8. The number of nitrogens with zero attached hydrogens (tertiary/aromatic N) is 2. The summed E-state index contributed by atoms with van der Waals surface area (Å²) in [6.07, 6.45) is 2.24. The van der Waals surface area contributed by atoms with Crippen LogP contribution in [-0.2, 0) is 15.2 Å². The fraction of sp³-hybridized carbons (Fsp3) is 0.516. The van der Waals surface area contributed by atoms with Crippen molar-refractivity contribution in [1.29, 1.82) is 0 Å². The maximum absolute atomic E-state index is 13.5. The van der Waals surface area contributed by atoms with E-state index in [1.165, 1.54) is 23.9 Å². The summed E-state index contributed by atoms with van der Waals surface area (Å²) in [7, 11) is -0.852. The number of nitrogens with one attached hydrogen (secondary N) is 2. The molecule has 0 fully saturated rings. The molecule has 1 aromatic heterocycles. The summed E-state index contributed by atoms with van der Waals surface area (Å²) in [5.74, 6) is 2.41. The molecule has 1 atom stereocenters. The number of rotatable bonds is 16. The van der Waals surface area contributed by atoms with Crippen LogP contribution in [0, 0.1) is 19.8 Å². The molecule has 0 aliphatic rings. The Bertz CT molecular complexity index is 1380. The molecule has 0 bridgehead atoms. The molecular formula is C31H46N4O7S2Si. The Hall–Kier alpha value is -3.36. The number of esters is 1. The highest BCUT2D eigenvalue weighted by Gasteiger charge is 2.45.